The van der Waals surface area contributed by atoms with Crippen LogP contribution in [0.3, 0.4) is 0 Å². The standard InChI is InChI=1S/C8H15BNO2/c1-2-7-11-12-10(9-6-1)8-4-3-5-8/h8H,1-7H2. The minimum absolute atomic E-state index is 0.586. The first kappa shape index (κ1) is 8.54. The van der Waals surface area contributed by atoms with Crippen LogP contribution in [0.25, 0.3) is 0 Å². The molecule has 3 nitrogen and oxygen atoms in total. The molecule has 1 aliphatic heterocycles. The van der Waals surface area contributed by atoms with E-state index in [4.69, 9.17) is 9.88 Å². The molecule has 0 bridgehead atoms. The molecule has 1 aliphatic carbocycles. The summed E-state index contributed by atoms with van der Waals surface area (Å²) in [4.78, 5) is 12.1. The predicted octanol–water partition coefficient (Wildman–Crippen LogP) is 1.54. The van der Waals surface area contributed by atoms with Gasteiger partial charge in [-0.2, -0.15) is 4.99 Å². The van der Waals surface area contributed by atoms with E-state index < -0.39 is 0 Å². The van der Waals surface area contributed by atoms with Gasteiger partial charge in [-0.15, -0.1) is 0 Å². The van der Waals surface area contributed by atoms with Gasteiger partial charge in [0.1, 0.15) is 0 Å². The average Bonchev–Trinajstić information content (AvgIpc) is 1.90. The van der Waals surface area contributed by atoms with E-state index in [2.05, 4.69) is 7.41 Å². The highest BCUT2D eigenvalue weighted by Gasteiger charge is 2.27. The lowest BCUT2D eigenvalue weighted by Gasteiger charge is -2.35. The van der Waals surface area contributed by atoms with E-state index in [9.17, 15) is 0 Å². The summed E-state index contributed by atoms with van der Waals surface area (Å²) in [6, 6.07) is 0.586. The molecular formula is C8H15BNO2. The molecule has 0 aromatic rings. The molecule has 1 saturated heterocycles. The summed E-state index contributed by atoms with van der Waals surface area (Å²) in [6.45, 7) is 0.733. The SMILES string of the molecule is [B]1CCCCOON1C1CCC1. The summed E-state index contributed by atoms with van der Waals surface area (Å²) < 4.78 is 0. The minimum atomic E-state index is 0.586. The van der Waals surface area contributed by atoms with E-state index in [1.54, 1.807) is 0 Å². The zero-order valence-corrected chi connectivity index (χ0v) is 7.37. The molecule has 2 aliphatic rings. The van der Waals surface area contributed by atoms with Crippen molar-refractivity contribution >= 4 is 7.41 Å². The predicted molar refractivity (Wildman–Crippen MR) is 46.3 cm³/mol. The van der Waals surface area contributed by atoms with Crippen molar-refractivity contribution in [2.24, 2.45) is 0 Å². The molecular weight excluding hydrogens is 153 g/mol. The number of hydrogen-bond acceptors (Lipinski definition) is 3. The molecule has 0 unspecified atom stereocenters. The van der Waals surface area contributed by atoms with Crippen molar-refractivity contribution in [2.75, 3.05) is 6.61 Å². The highest BCUT2D eigenvalue weighted by molar-refractivity contribution is 6.31. The van der Waals surface area contributed by atoms with Gasteiger partial charge in [-0.3, -0.25) is 0 Å². The fourth-order valence-electron chi connectivity index (χ4n) is 1.50. The van der Waals surface area contributed by atoms with Crippen LogP contribution in [0, 0.1) is 0 Å². The first-order valence-corrected chi connectivity index (χ1v) is 4.88. The van der Waals surface area contributed by atoms with Crippen molar-refractivity contribution < 1.29 is 9.88 Å². The summed E-state index contributed by atoms with van der Waals surface area (Å²) in [7, 11) is 2.13. The summed E-state index contributed by atoms with van der Waals surface area (Å²) in [5, 5.41) is 0. The van der Waals surface area contributed by atoms with Crippen molar-refractivity contribution in [3.63, 3.8) is 0 Å². The van der Waals surface area contributed by atoms with Gasteiger partial charge < -0.3 is 0 Å². The summed E-state index contributed by atoms with van der Waals surface area (Å²) in [6.07, 6.45) is 7.28. The van der Waals surface area contributed by atoms with Crippen LogP contribution >= 0.6 is 0 Å². The van der Waals surface area contributed by atoms with Gasteiger partial charge in [-0.05, 0) is 19.3 Å². The van der Waals surface area contributed by atoms with Crippen LogP contribution in [0.15, 0.2) is 0 Å². The van der Waals surface area contributed by atoms with Crippen LogP contribution in [0.5, 0.6) is 0 Å². The molecule has 1 heterocycles. The minimum Gasteiger partial charge on any atom is -0.219 e. The maximum Gasteiger partial charge on any atom is 0.250 e. The van der Waals surface area contributed by atoms with Crippen molar-refractivity contribution in [3.05, 3.63) is 0 Å². The van der Waals surface area contributed by atoms with Gasteiger partial charge in [-0.25, -0.2) is 9.86 Å². The first-order chi connectivity index (χ1) is 5.97. The highest BCUT2D eigenvalue weighted by atomic mass is 17.3. The van der Waals surface area contributed by atoms with E-state index in [-0.39, 0.29) is 0 Å². The molecule has 0 aromatic carbocycles. The van der Waals surface area contributed by atoms with Gasteiger partial charge in [0, 0.05) is 6.04 Å². The van der Waals surface area contributed by atoms with Crippen LogP contribution in [0.1, 0.15) is 32.1 Å². The Morgan fingerprint density at radius 1 is 1.17 bits per heavy atom. The van der Waals surface area contributed by atoms with Gasteiger partial charge >= 0.3 is 0 Å². The maximum atomic E-state index is 5.16. The highest BCUT2D eigenvalue weighted by Crippen LogP contribution is 2.25. The second-order valence-electron chi connectivity index (χ2n) is 3.52. The van der Waals surface area contributed by atoms with Gasteiger partial charge in [0.25, 0.3) is 7.41 Å². The summed E-state index contributed by atoms with van der Waals surface area (Å²) in [5.74, 6) is 0. The number of hydroxylamine groups is 1. The molecule has 2 rings (SSSR count). The van der Waals surface area contributed by atoms with E-state index in [0.29, 0.717) is 6.04 Å². The van der Waals surface area contributed by atoms with Crippen LogP contribution < -0.4 is 0 Å². The lowest BCUT2D eigenvalue weighted by Crippen LogP contribution is -2.43. The van der Waals surface area contributed by atoms with Crippen LogP contribution in [-0.4, -0.2) is 25.0 Å². The van der Waals surface area contributed by atoms with Crippen LogP contribution in [0.2, 0.25) is 6.32 Å². The quantitative estimate of drug-likeness (QED) is 0.437. The second kappa shape index (κ2) is 4.26. The Kier molecular flexibility index (Phi) is 3.03. The third kappa shape index (κ3) is 2.00. The number of hydrogen-bond donors (Lipinski definition) is 0. The third-order valence-corrected chi connectivity index (χ3v) is 2.56. The molecule has 4 heteroatoms. The Morgan fingerprint density at radius 2 is 2.08 bits per heavy atom. The molecule has 2 fully saturated rings. The number of rotatable bonds is 1. The molecule has 1 radical (unpaired) electrons. The maximum absolute atomic E-state index is 5.16. The van der Waals surface area contributed by atoms with E-state index in [1.165, 1.54) is 25.7 Å². The van der Waals surface area contributed by atoms with Crippen molar-refractivity contribution in [1.82, 2.24) is 4.97 Å². The van der Waals surface area contributed by atoms with Gasteiger partial charge in [0.15, 0.2) is 0 Å². The zero-order valence-electron chi connectivity index (χ0n) is 7.37. The third-order valence-electron chi connectivity index (χ3n) is 2.56. The van der Waals surface area contributed by atoms with Crippen molar-refractivity contribution in [2.45, 2.75) is 44.5 Å². The molecule has 0 aromatic heterocycles. The van der Waals surface area contributed by atoms with Crippen LogP contribution in [0.4, 0.5) is 0 Å². The molecule has 12 heavy (non-hydrogen) atoms. The number of nitrogens with zero attached hydrogens (tertiary/aromatic N) is 1. The summed E-state index contributed by atoms with van der Waals surface area (Å²) >= 11 is 0. The van der Waals surface area contributed by atoms with Gasteiger partial charge in [0.2, 0.25) is 0 Å². The molecule has 0 amide bonds. The van der Waals surface area contributed by atoms with E-state index in [0.717, 1.165) is 19.3 Å². The Bertz CT molecular complexity index is 133. The van der Waals surface area contributed by atoms with E-state index in [1.807, 2.05) is 4.97 Å². The van der Waals surface area contributed by atoms with Crippen molar-refractivity contribution in [1.29, 1.82) is 0 Å². The smallest absolute Gasteiger partial charge is 0.219 e. The molecule has 1 saturated carbocycles. The first-order valence-electron chi connectivity index (χ1n) is 4.88. The Balaban J connectivity index is 1.77. The molecule has 0 atom stereocenters. The topological polar surface area (TPSA) is 21.7 Å². The molecule has 0 N–H and O–H groups in total. The monoisotopic (exact) mass is 168 g/mol. The second-order valence-corrected chi connectivity index (χ2v) is 3.52. The molecule has 0 spiro atoms. The average molecular weight is 168 g/mol. The molecule has 67 valence electrons. The lowest BCUT2D eigenvalue weighted by atomic mass is 9.80. The van der Waals surface area contributed by atoms with Gasteiger partial charge in [0.05, 0.1) is 6.61 Å². The Hall–Kier alpha value is -0.0551. The lowest BCUT2D eigenvalue weighted by molar-refractivity contribution is -0.411. The van der Waals surface area contributed by atoms with Crippen LogP contribution in [-0.2, 0) is 9.88 Å². The van der Waals surface area contributed by atoms with Crippen molar-refractivity contribution in [3.8, 4) is 0 Å². The zero-order chi connectivity index (χ0) is 8.23. The Morgan fingerprint density at radius 3 is 2.83 bits per heavy atom. The van der Waals surface area contributed by atoms with E-state index >= 15 is 0 Å². The largest absolute Gasteiger partial charge is 0.250 e. The normalized spacial score (nSPS) is 28.3. The fourth-order valence-corrected chi connectivity index (χ4v) is 1.50. The fraction of sp³-hybridized carbons (Fsp3) is 1.00. The summed E-state index contributed by atoms with van der Waals surface area (Å²) in [5.41, 5.74) is 0. The Labute approximate surface area is 74.2 Å². The van der Waals surface area contributed by atoms with Gasteiger partial charge in [-0.1, -0.05) is 19.2 Å².